The molecular formula is C15H17NO4. The van der Waals surface area contributed by atoms with E-state index in [4.69, 9.17) is 4.42 Å². The monoisotopic (exact) mass is 275 g/mol. The second kappa shape index (κ2) is 4.92. The Hall–Kier alpha value is -1.85. The maximum absolute atomic E-state index is 12.5. The Bertz CT molecular complexity index is 638. The van der Waals surface area contributed by atoms with E-state index in [-0.39, 0.29) is 19.0 Å². The maximum Gasteiger partial charge on any atom is 0.257 e. The Morgan fingerprint density at radius 2 is 2.05 bits per heavy atom. The topological polar surface area (TPSA) is 73.9 Å². The number of β-amino-alcohol motifs (C(OH)–C–C–N with tert-alkyl or cyclic N) is 2. The van der Waals surface area contributed by atoms with Crippen molar-refractivity contribution in [2.24, 2.45) is 0 Å². The molecule has 0 saturated carbocycles. The second-order valence-corrected chi connectivity index (χ2v) is 5.18. The molecule has 1 saturated heterocycles. The smallest absolute Gasteiger partial charge is 0.257 e. The van der Waals surface area contributed by atoms with Crippen LogP contribution in [0.25, 0.3) is 11.0 Å². The van der Waals surface area contributed by atoms with Crippen molar-refractivity contribution in [1.29, 1.82) is 0 Å². The zero-order chi connectivity index (χ0) is 14.3. The van der Waals surface area contributed by atoms with E-state index in [0.717, 1.165) is 17.4 Å². The van der Waals surface area contributed by atoms with Crippen LogP contribution in [0.2, 0.25) is 0 Å². The van der Waals surface area contributed by atoms with Crippen LogP contribution in [-0.2, 0) is 6.42 Å². The molecule has 1 fully saturated rings. The molecule has 0 unspecified atom stereocenters. The highest BCUT2D eigenvalue weighted by Crippen LogP contribution is 2.25. The molecule has 5 nitrogen and oxygen atoms in total. The number of amides is 1. The van der Waals surface area contributed by atoms with Gasteiger partial charge in [-0.3, -0.25) is 4.79 Å². The highest BCUT2D eigenvalue weighted by Gasteiger charge is 2.34. The van der Waals surface area contributed by atoms with Gasteiger partial charge in [-0.25, -0.2) is 0 Å². The van der Waals surface area contributed by atoms with Gasteiger partial charge in [0.25, 0.3) is 5.91 Å². The van der Waals surface area contributed by atoms with Gasteiger partial charge < -0.3 is 19.5 Å². The van der Waals surface area contributed by atoms with Crippen molar-refractivity contribution in [3.05, 3.63) is 35.6 Å². The van der Waals surface area contributed by atoms with Crippen LogP contribution < -0.4 is 0 Å². The van der Waals surface area contributed by atoms with E-state index in [0.29, 0.717) is 11.1 Å². The molecule has 1 aromatic heterocycles. The van der Waals surface area contributed by atoms with E-state index in [1.165, 1.54) is 11.2 Å². The summed E-state index contributed by atoms with van der Waals surface area (Å²) in [6, 6.07) is 5.79. The lowest BCUT2D eigenvalue weighted by Gasteiger charge is -2.14. The van der Waals surface area contributed by atoms with Gasteiger partial charge in [0.1, 0.15) is 11.8 Å². The number of rotatable bonds is 2. The third-order valence-electron chi connectivity index (χ3n) is 3.82. The Balaban J connectivity index is 1.95. The second-order valence-electron chi connectivity index (χ2n) is 5.18. The predicted octanol–water partition coefficient (Wildman–Crippen LogP) is 1.17. The third kappa shape index (κ3) is 2.09. The average Bonchev–Trinajstić information content (AvgIpc) is 3.01. The van der Waals surface area contributed by atoms with Crippen molar-refractivity contribution in [2.75, 3.05) is 13.1 Å². The number of carbonyl (C=O) groups is 1. The minimum Gasteiger partial charge on any atom is -0.463 e. The molecule has 0 bridgehead atoms. The summed E-state index contributed by atoms with van der Waals surface area (Å²) in [5.41, 5.74) is 2.29. The Labute approximate surface area is 116 Å². The fraction of sp³-hybridized carbons (Fsp3) is 0.400. The first kappa shape index (κ1) is 13.1. The first-order chi connectivity index (χ1) is 9.60. The lowest BCUT2D eigenvalue weighted by molar-refractivity contribution is 0.0572. The molecule has 0 radical (unpaired) electrons. The minimum absolute atomic E-state index is 0.153. The molecule has 1 aromatic carbocycles. The van der Waals surface area contributed by atoms with Gasteiger partial charge in [-0.2, -0.15) is 0 Å². The molecule has 2 atom stereocenters. The van der Waals surface area contributed by atoms with Crippen LogP contribution in [0.1, 0.15) is 22.8 Å². The number of likely N-dealkylation sites (tertiary alicyclic amines) is 1. The molecule has 0 aliphatic carbocycles. The Morgan fingerprint density at radius 3 is 2.70 bits per heavy atom. The first-order valence-electron chi connectivity index (χ1n) is 6.75. The van der Waals surface area contributed by atoms with Gasteiger partial charge in [0.05, 0.1) is 17.8 Å². The summed E-state index contributed by atoms with van der Waals surface area (Å²) < 4.78 is 5.41. The van der Waals surface area contributed by atoms with Crippen LogP contribution in [0.3, 0.4) is 0 Å². The fourth-order valence-corrected chi connectivity index (χ4v) is 2.57. The van der Waals surface area contributed by atoms with Crippen LogP contribution in [0.5, 0.6) is 0 Å². The number of nitrogens with zero attached hydrogens (tertiary/aromatic N) is 1. The van der Waals surface area contributed by atoms with Crippen molar-refractivity contribution in [2.45, 2.75) is 25.6 Å². The summed E-state index contributed by atoms with van der Waals surface area (Å²) in [6.45, 7) is 2.36. The summed E-state index contributed by atoms with van der Waals surface area (Å²) in [5, 5.41) is 19.9. The van der Waals surface area contributed by atoms with Crippen molar-refractivity contribution in [3.8, 4) is 0 Å². The van der Waals surface area contributed by atoms with E-state index in [1.807, 2.05) is 18.2 Å². The molecule has 3 rings (SSSR count). The molecule has 2 aromatic rings. The average molecular weight is 275 g/mol. The summed E-state index contributed by atoms with van der Waals surface area (Å²) in [6.07, 6.45) is 0.589. The summed E-state index contributed by atoms with van der Waals surface area (Å²) in [7, 11) is 0. The normalized spacial score (nSPS) is 22.6. The van der Waals surface area contributed by atoms with Crippen LogP contribution in [0.4, 0.5) is 0 Å². The van der Waals surface area contributed by atoms with E-state index in [2.05, 4.69) is 6.92 Å². The number of fused-ring (bicyclic) bond motifs is 1. The number of benzene rings is 1. The van der Waals surface area contributed by atoms with Crippen LogP contribution >= 0.6 is 0 Å². The third-order valence-corrected chi connectivity index (χ3v) is 3.82. The number of carbonyl (C=O) groups excluding carboxylic acids is 1. The predicted molar refractivity (Wildman–Crippen MR) is 73.5 cm³/mol. The number of aliphatic hydroxyl groups is 2. The summed E-state index contributed by atoms with van der Waals surface area (Å²) in [4.78, 5) is 13.9. The highest BCUT2D eigenvalue weighted by molar-refractivity contribution is 6.06. The van der Waals surface area contributed by atoms with Crippen molar-refractivity contribution in [1.82, 2.24) is 4.90 Å². The minimum atomic E-state index is -0.872. The summed E-state index contributed by atoms with van der Waals surface area (Å²) >= 11 is 0. The van der Waals surface area contributed by atoms with E-state index in [9.17, 15) is 15.0 Å². The first-order valence-corrected chi connectivity index (χ1v) is 6.75. The van der Waals surface area contributed by atoms with Gasteiger partial charge in [-0.1, -0.05) is 13.0 Å². The fourth-order valence-electron chi connectivity index (χ4n) is 2.57. The van der Waals surface area contributed by atoms with Crippen LogP contribution in [0.15, 0.2) is 28.9 Å². The van der Waals surface area contributed by atoms with Gasteiger partial charge >= 0.3 is 0 Å². The number of aryl methyl sites for hydroxylation is 1. The molecule has 20 heavy (non-hydrogen) atoms. The van der Waals surface area contributed by atoms with Crippen molar-refractivity contribution >= 4 is 16.9 Å². The largest absolute Gasteiger partial charge is 0.463 e. The maximum atomic E-state index is 12.5. The van der Waals surface area contributed by atoms with Crippen LogP contribution in [-0.4, -0.2) is 46.3 Å². The van der Waals surface area contributed by atoms with Gasteiger partial charge in [0.2, 0.25) is 0 Å². The van der Waals surface area contributed by atoms with Gasteiger partial charge in [-0.15, -0.1) is 0 Å². The molecule has 106 valence electrons. The number of hydrogen-bond acceptors (Lipinski definition) is 4. The number of hydrogen-bond donors (Lipinski definition) is 2. The van der Waals surface area contributed by atoms with Gasteiger partial charge in [0, 0.05) is 18.5 Å². The zero-order valence-corrected chi connectivity index (χ0v) is 11.2. The van der Waals surface area contributed by atoms with Crippen molar-refractivity contribution < 1.29 is 19.4 Å². The Morgan fingerprint density at radius 1 is 1.35 bits per heavy atom. The molecule has 5 heteroatoms. The lowest BCUT2D eigenvalue weighted by Crippen LogP contribution is -2.29. The van der Waals surface area contributed by atoms with Crippen molar-refractivity contribution in [3.63, 3.8) is 0 Å². The quantitative estimate of drug-likeness (QED) is 0.863. The van der Waals surface area contributed by atoms with E-state index >= 15 is 0 Å². The molecule has 0 spiro atoms. The van der Waals surface area contributed by atoms with E-state index in [1.54, 1.807) is 0 Å². The number of furan rings is 1. The van der Waals surface area contributed by atoms with E-state index < -0.39 is 12.2 Å². The summed E-state index contributed by atoms with van der Waals surface area (Å²) in [5.74, 6) is -0.215. The zero-order valence-electron chi connectivity index (χ0n) is 11.2. The molecule has 1 amide bonds. The van der Waals surface area contributed by atoms with Gasteiger partial charge in [-0.05, 0) is 24.1 Å². The SMILES string of the molecule is CCc1ccc2occ(C(=O)N3C[C@H](O)[C@@H](O)C3)c2c1. The van der Waals surface area contributed by atoms with Gasteiger partial charge in [0.15, 0.2) is 0 Å². The molecule has 1 aliphatic heterocycles. The standard InChI is InChI=1S/C15H17NO4/c1-2-9-3-4-14-10(5-9)11(8-20-14)15(19)16-6-12(17)13(18)7-16/h3-5,8,12-13,17-18H,2,6-7H2,1H3/t12-,13-/m0/s1. The highest BCUT2D eigenvalue weighted by atomic mass is 16.3. The molecule has 2 heterocycles. The van der Waals surface area contributed by atoms with Crippen LogP contribution in [0, 0.1) is 0 Å². The molecular weight excluding hydrogens is 258 g/mol. The molecule has 1 aliphatic rings. The Kier molecular flexibility index (Phi) is 3.23. The number of aliphatic hydroxyl groups excluding tert-OH is 2. The lowest BCUT2D eigenvalue weighted by atomic mass is 10.1. The molecule has 2 N–H and O–H groups in total.